The monoisotopic (exact) mass is 509 g/mol. The third-order valence-electron chi connectivity index (χ3n) is 5.79. The van der Waals surface area contributed by atoms with Crippen LogP contribution in [0.25, 0.3) is 5.76 Å². The smallest absolute Gasteiger partial charge is 0.340 e. The molecule has 0 aromatic heterocycles. The minimum atomic E-state index is -0.835. The molecule has 4 rings (SSSR count). The van der Waals surface area contributed by atoms with Crippen molar-refractivity contribution in [3.63, 3.8) is 0 Å². The maximum atomic E-state index is 13.3. The van der Waals surface area contributed by atoms with E-state index in [-0.39, 0.29) is 35.1 Å². The summed E-state index contributed by atoms with van der Waals surface area (Å²) in [5, 5.41) is 21.3. The number of nitrogens with zero attached hydrogens (tertiary/aromatic N) is 3. The number of methoxy groups -OCH3 is 1. The van der Waals surface area contributed by atoms with Crippen LogP contribution in [0.15, 0.2) is 101 Å². The molecule has 0 saturated carbocycles. The van der Waals surface area contributed by atoms with Crippen molar-refractivity contribution < 1.29 is 23.9 Å². The number of nitro groups is 1. The van der Waals surface area contributed by atoms with Gasteiger partial charge in [-0.2, -0.15) is 5.26 Å². The van der Waals surface area contributed by atoms with Crippen molar-refractivity contribution in [2.24, 2.45) is 4.99 Å². The topological polar surface area (TPSA) is 124 Å². The van der Waals surface area contributed by atoms with Crippen molar-refractivity contribution in [3.05, 3.63) is 123 Å². The quantitative estimate of drug-likeness (QED) is 0.169. The van der Waals surface area contributed by atoms with E-state index < -0.39 is 16.8 Å². The number of nitro benzene ring substituents is 1. The first-order chi connectivity index (χ1) is 18.5. The molecule has 9 nitrogen and oxygen atoms in total. The maximum absolute atomic E-state index is 13.3. The highest BCUT2D eigenvalue weighted by molar-refractivity contribution is 5.95. The molecule has 0 spiro atoms. The van der Waals surface area contributed by atoms with Gasteiger partial charge in [0.15, 0.2) is 5.76 Å². The number of allylic oxidation sites excluding steroid dienone is 1. The van der Waals surface area contributed by atoms with Crippen LogP contribution in [0.5, 0.6) is 5.75 Å². The first-order valence-corrected chi connectivity index (χ1v) is 11.7. The number of hydrogen-bond donors (Lipinski definition) is 0. The molecule has 0 fully saturated rings. The minimum absolute atomic E-state index is 0.0412. The molecule has 9 heteroatoms. The minimum Gasteiger partial charge on any atom is -0.497 e. The number of esters is 1. The molecule has 0 radical (unpaired) electrons. The van der Waals surface area contributed by atoms with Crippen molar-refractivity contribution in [1.29, 1.82) is 5.26 Å². The first kappa shape index (κ1) is 25.9. The molecule has 1 atom stereocenters. The molecular weight excluding hydrogens is 486 g/mol. The fraction of sp³-hybridized carbons (Fsp3) is 0.138. The van der Waals surface area contributed by atoms with Crippen molar-refractivity contribution in [3.8, 4) is 11.8 Å². The normalized spacial score (nSPS) is 15.1. The molecule has 3 aromatic rings. The number of ether oxygens (including phenoxy) is 3. The lowest BCUT2D eigenvalue weighted by Crippen LogP contribution is -2.23. The highest BCUT2D eigenvalue weighted by atomic mass is 16.6. The van der Waals surface area contributed by atoms with E-state index in [9.17, 15) is 20.2 Å². The molecule has 3 aromatic carbocycles. The van der Waals surface area contributed by atoms with Gasteiger partial charge in [0.25, 0.3) is 5.69 Å². The van der Waals surface area contributed by atoms with Gasteiger partial charge >= 0.3 is 5.97 Å². The fourth-order valence-corrected chi connectivity index (χ4v) is 3.98. The lowest BCUT2D eigenvalue weighted by molar-refractivity contribution is -0.384. The number of non-ortho nitro benzene ring substituents is 1. The third-order valence-corrected chi connectivity index (χ3v) is 5.79. The van der Waals surface area contributed by atoms with Gasteiger partial charge in [0.1, 0.15) is 11.3 Å². The van der Waals surface area contributed by atoms with Crippen LogP contribution < -0.4 is 4.74 Å². The van der Waals surface area contributed by atoms with Crippen LogP contribution in [0.1, 0.15) is 29.5 Å². The van der Waals surface area contributed by atoms with Gasteiger partial charge in [-0.25, -0.2) is 9.79 Å². The van der Waals surface area contributed by atoms with Gasteiger partial charge in [-0.05, 0) is 42.3 Å². The van der Waals surface area contributed by atoms with Crippen LogP contribution in [0, 0.1) is 21.4 Å². The summed E-state index contributed by atoms with van der Waals surface area (Å²) in [5.41, 5.74) is 2.05. The van der Waals surface area contributed by atoms with Crippen molar-refractivity contribution in [1.82, 2.24) is 0 Å². The van der Waals surface area contributed by atoms with Crippen LogP contribution in [0.3, 0.4) is 0 Å². The molecular formula is C29H23N3O6. The number of benzene rings is 3. The van der Waals surface area contributed by atoms with Crippen molar-refractivity contribution in [2.45, 2.75) is 12.8 Å². The second kappa shape index (κ2) is 11.7. The highest BCUT2D eigenvalue weighted by Crippen LogP contribution is 2.44. The number of nitriles is 1. The molecule has 1 heterocycles. The number of carbonyl (C=O) groups is 1. The summed E-state index contributed by atoms with van der Waals surface area (Å²) in [6.45, 7) is 1.79. The molecule has 1 unspecified atom stereocenters. The van der Waals surface area contributed by atoms with Gasteiger partial charge in [-0.15, -0.1) is 0 Å². The molecule has 1 aliphatic heterocycles. The Bertz CT molecular complexity index is 1470. The van der Waals surface area contributed by atoms with Gasteiger partial charge in [0.2, 0.25) is 5.88 Å². The Morgan fingerprint density at radius 2 is 1.79 bits per heavy atom. The Kier molecular flexibility index (Phi) is 7.94. The predicted molar refractivity (Wildman–Crippen MR) is 140 cm³/mol. The summed E-state index contributed by atoms with van der Waals surface area (Å²) in [5.74, 6) is -0.676. The Morgan fingerprint density at radius 1 is 1.11 bits per heavy atom. The van der Waals surface area contributed by atoms with Crippen LogP contribution >= 0.6 is 0 Å². The molecule has 38 heavy (non-hydrogen) atoms. The average molecular weight is 510 g/mol. The van der Waals surface area contributed by atoms with E-state index in [4.69, 9.17) is 14.2 Å². The van der Waals surface area contributed by atoms with Crippen LogP contribution in [0.2, 0.25) is 0 Å². The summed E-state index contributed by atoms with van der Waals surface area (Å²) < 4.78 is 16.8. The fourth-order valence-electron chi connectivity index (χ4n) is 3.98. The summed E-state index contributed by atoms with van der Waals surface area (Å²) >= 11 is 0. The zero-order valence-corrected chi connectivity index (χ0v) is 20.7. The second-order valence-electron chi connectivity index (χ2n) is 8.08. The third kappa shape index (κ3) is 5.44. The molecule has 0 N–H and O–H groups in total. The van der Waals surface area contributed by atoms with E-state index in [2.05, 4.69) is 11.1 Å². The van der Waals surface area contributed by atoms with Gasteiger partial charge in [-0.3, -0.25) is 10.1 Å². The summed E-state index contributed by atoms with van der Waals surface area (Å²) in [7, 11) is 1.55. The Labute approximate surface area is 219 Å². The van der Waals surface area contributed by atoms with E-state index in [1.807, 2.05) is 18.2 Å². The lowest BCUT2D eigenvalue weighted by atomic mass is 9.82. The summed E-state index contributed by atoms with van der Waals surface area (Å²) in [4.78, 5) is 28.2. The van der Waals surface area contributed by atoms with E-state index in [1.165, 1.54) is 30.5 Å². The number of hydrogen-bond acceptors (Lipinski definition) is 8. The maximum Gasteiger partial charge on any atom is 0.340 e. The Hall–Kier alpha value is -5.23. The van der Waals surface area contributed by atoms with E-state index in [1.54, 1.807) is 50.4 Å². The summed E-state index contributed by atoms with van der Waals surface area (Å²) in [6, 6.07) is 24.1. The van der Waals surface area contributed by atoms with E-state index >= 15 is 0 Å². The standard InChI is InChI=1S/C29H23N3O6/c1-3-37-29(33)26-25(20-11-15-23(36-2)16-12-20)24(17-30)27(21-7-5-4-6-8-21)38-28(26)31-18-19-9-13-22(14-10-19)32(34)35/h4-16,18,25H,3H2,1-2H3/b31-18+. The Balaban J connectivity index is 1.91. The van der Waals surface area contributed by atoms with E-state index in [0.29, 0.717) is 22.4 Å². The SMILES string of the molecule is CCOC(=O)C1=C(/N=C/c2ccc([N+](=O)[O-])cc2)OC(c2ccccc2)=C(C#N)C1c1ccc(OC)cc1. The molecule has 0 bridgehead atoms. The van der Waals surface area contributed by atoms with Crippen molar-refractivity contribution in [2.75, 3.05) is 13.7 Å². The molecule has 0 amide bonds. The number of rotatable bonds is 8. The van der Waals surface area contributed by atoms with Gasteiger partial charge < -0.3 is 14.2 Å². The Morgan fingerprint density at radius 3 is 2.37 bits per heavy atom. The number of aliphatic imine (C=N–C) groups is 1. The highest BCUT2D eigenvalue weighted by Gasteiger charge is 2.38. The average Bonchev–Trinajstić information content (AvgIpc) is 2.96. The zero-order valence-electron chi connectivity index (χ0n) is 20.7. The predicted octanol–water partition coefficient (Wildman–Crippen LogP) is 5.55. The van der Waals surface area contributed by atoms with Crippen LogP contribution in [-0.4, -0.2) is 30.8 Å². The molecule has 1 aliphatic rings. The molecule has 190 valence electrons. The lowest BCUT2D eigenvalue weighted by Gasteiger charge is -2.28. The zero-order chi connectivity index (χ0) is 27.1. The van der Waals surface area contributed by atoms with E-state index in [0.717, 1.165) is 0 Å². The second-order valence-corrected chi connectivity index (χ2v) is 8.08. The largest absolute Gasteiger partial charge is 0.497 e. The van der Waals surface area contributed by atoms with Gasteiger partial charge in [0, 0.05) is 23.9 Å². The van der Waals surface area contributed by atoms with Gasteiger partial charge in [0.05, 0.1) is 36.2 Å². The first-order valence-electron chi connectivity index (χ1n) is 11.7. The van der Waals surface area contributed by atoms with Crippen LogP contribution in [-0.2, 0) is 14.3 Å². The number of carbonyl (C=O) groups excluding carboxylic acids is 1. The van der Waals surface area contributed by atoms with Crippen molar-refractivity contribution >= 4 is 23.6 Å². The van der Waals surface area contributed by atoms with Gasteiger partial charge in [-0.1, -0.05) is 42.5 Å². The molecule has 0 aliphatic carbocycles. The molecule has 0 saturated heterocycles. The summed E-state index contributed by atoms with van der Waals surface area (Å²) in [6.07, 6.45) is 1.43. The van der Waals surface area contributed by atoms with Crippen LogP contribution in [0.4, 0.5) is 5.69 Å².